The zero-order valence-electron chi connectivity index (χ0n) is 9.24. The number of ether oxygens (including phenoxy) is 1. The number of alkyl halides is 5. The molecule has 1 fully saturated rings. The minimum atomic E-state index is -4.58. The van der Waals surface area contributed by atoms with E-state index in [4.69, 9.17) is 4.74 Å². The van der Waals surface area contributed by atoms with Crippen LogP contribution in [0, 0.1) is 0 Å². The first-order valence-electron chi connectivity index (χ1n) is 5.20. The molecule has 0 aromatic rings. The highest BCUT2D eigenvalue weighted by Crippen LogP contribution is 2.43. The van der Waals surface area contributed by atoms with Crippen LogP contribution in [0.3, 0.4) is 0 Å². The lowest BCUT2D eigenvalue weighted by molar-refractivity contribution is -0.189. The first kappa shape index (κ1) is 15.8. The average Bonchev–Trinajstić information content (AvgIpc) is 2.61. The molecule has 0 aliphatic heterocycles. The molecule has 0 radical (unpaired) electrons. The van der Waals surface area contributed by atoms with Gasteiger partial charge in [-0.1, -0.05) is 45.2 Å². The number of hydrogen-bond acceptors (Lipinski definition) is 2. The fourth-order valence-corrected chi connectivity index (χ4v) is 2.63. The van der Waals surface area contributed by atoms with Gasteiger partial charge in [0.05, 0.1) is 0 Å². The van der Waals surface area contributed by atoms with Gasteiger partial charge < -0.3 is 4.74 Å². The van der Waals surface area contributed by atoms with Crippen molar-refractivity contribution in [1.82, 2.24) is 0 Å². The predicted octanol–water partition coefficient (Wildman–Crippen LogP) is 4.03. The molecule has 7 heteroatoms. The fraction of sp³-hybridized carbons (Fsp3) is 0.900. The Balaban J connectivity index is 2.81. The van der Waals surface area contributed by atoms with E-state index < -0.39 is 21.2 Å². The van der Waals surface area contributed by atoms with E-state index in [1.807, 2.05) is 0 Å². The molecule has 100 valence electrons. The van der Waals surface area contributed by atoms with Crippen LogP contribution >= 0.6 is 45.2 Å². The SMILES string of the molecule is CC1(OC(=O)C(I)(CI)C(F)(F)F)CCCC1. The molecule has 17 heavy (non-hydrogen) atoms. The van der Waals surface area contributed by atoms with E-state index in [0.717, 1.165) is 35.4 Å². The third-order valence-corrected chi connectivity index (χ3v) is 6.99. The molecule has 1 aliphatic rings. The Morgan fingerprint density at radius 2 is 1.82 bits per heavy atom. The number of carbonyl (C=O) groups is 1. The van der Waals surface area contributed by atoms with Crippen LogP contribution < -0.4 is 0 Å². The molecular weight excluding hydrogens is 463 g/mol. The molecule has 0 aromatic carbocycles. The maximum Gasteiger partial charge on any atom is 0.414 e. The molecule has 1 rings (SSSR count). The molecule has 0 bridgehead atoms. The van der Waals surface area contributed by atoms with E-state index in [0.29, 0.717) is 12.8 Å². The van der Waals surface area contributed by atoms with Crippen LogP contribution in [0.2, 0.25) is 0 Å². The van der Waals surface area contributed by atoms with Gasteiger partial charge in [0.1, 0.15) is 5.60 Å². The summed E-state index contributed by atoms with van der Waals surface area (Å²) in [5, 5.41) is 0. The molecule has 1 unspecified atom stereocenters. The fourth-order valence-electron chi connectivity index (χ4n) is 1.78. The van der Waals surface area contributed by atoms with E-state index in [-0.39, 0.29) is 4.43 Å². The zero-order valence-corrected chi connectivity index (χ0v) is 13.6. The summed E-state index contributed by atoms with van der Waals surface area (Å²) in [4.78, 5) is 11.7. The molecule has 0 aromatic heterocycles. The van der Waals surface area contributed by atoms with Gasteiger partial charge in [-0.15, -0.1) is 0 Å². The summed E-state index contributed by atoms with van der Waals surface area (Å²) < 4.78 is 40.9. The van der Waals surface area contributed by atoms with Crippen molar-refractivity contribution in [2.24, 2.45) is 0 Å². The zero-order chi connectivity index (χ0) is 13.3. The minimum Gasteiger partial charge on any atom is -0.458 e. The quantitative estimate of drug-likeness (QED) is 0.350. The molecule has 2 nitrogen and oxygen atoms in total. The predicted molar refractivity (Wildman–Crippen MR) is 74.7 cm³/mol. The Labute approximate surface area is 125 Å². The van der Waals surface area contributed by atoms with Crippen LogP contribution in [0.15, 0.2) is 0 Å². The van der Waals surface area contributed by atoms with Crippen LogP contribution in [0.4, 0.5) is 13.2 Å². The monoisotopic (exact) mass is 476 g/mol. The molecule has 0 N–H and O–H groups in total. The maximum atomic E-state index is 12.8. The van der Waals surface area contributed by atoms with Crippen LogP contribution in [-0.4, -0.2) is 25.6 Å². The van der Waals surface area contributed by atoms with Gasteiger partial charge in [0, 0.05) is 4.43 Å². The van der Waals surface area contributed by atoms with Crippen molar-refractivity contribution < 1.29 is 22.7 Å². The lowest BCUT2D eigenvalue weighted by atomic mass is 10.0. The van der Waals surface area contributed by atoms with Crippen LogP contribution in [0.25, 0.3) is 0 Å². The second kappa shape index (κ2) is 5.38. The standard InChI is InChI=1S/C10H13F3I2O2/c1-8(4-2-3-5-8)17-7(16)9(15,6-14)10(11,12)13/h2-6H2,1H3. The minimum absolute atomic E-state index is 0.344. The first-order chi connectivity index (χ1) is 7.65. The third-order valence-electron chi connectivity index (χ3n) is 2.96. The van der Waals surface area contributed by atoms with Crippen LogP contribution in [0.1, 0.15) is 32.6 Å². The van der Waals surface area contributed by atoms with Crippen molar-refractivity contribution in [1.29, 1.82) is 0 Å². The van der Waals surface area contributed by atoms with Crippen molar-refractivity contribution in [3.63, 3.8) is 0 Å². The highest BCUT2D eigenvalue weighted by molar-refractivity contribution is 14.1. The molecule has 0 saturated heterocycles. The Bertz CT molecular complexity index is 300. The second-order valence-electron chi connectivity index (χ2n) is 4.48. The molecule has 0 amide bonds. The van der Waals surface area contributed by atoms with E-state index >= 15 is 0 Å². The number of rotatable bonds is 3. The highest BCUT2D eigenvalue weighted by Gasteiger charge is 2.60. The van der Waals surface area contributed by atoms with E-state index in [9.17, 15) is 18.0 Å². The van der Waals surface area contributed by atoms with Crippen molar-refractivity contribution in [2.45, 2.75) is 47.8 Å². The molecule has 0 heterocycles. The van der Waals surface area contributed by atoms with Gasteiger partial charge in [0.25, 0.3) is 0 Å². The van der Waals surface area contributed by atoms with Gasteiger partial charge in [-0.05, 0) is 32.6 Å². The van der Waals surface area contributed by atoms with E-state index in [1.165, 1.54) is 0 Å². The molecular formula is C10H13F3I2O2. The topological polar surface area (TPSA) is 26.3 Å². The van der Waals surface area contributed by atoms with Crippen molar-refractivity contribution in [3.8, 4) is 0 Å². The number of halogens is 5. The largest absolute Gasteiger partial charge is 0.458 e. The Morgan fingerprint density at radius 3 is 2.18 bits per heavy atom. The summed E-state index contributed by atoms with van der Waals surface area (Å²) in [6.45, 7) is 1.71. The summed E-state index contributed by atoms with van der Waals surface area (Å²) >= 11 is 2.73. The summed E-state index contributed by atoms with van der Waals surface area (Å²) in [6, 6.07) is 0. The molecule has 0 spiro atoms. The van der Waals surface area contributed by atoms with Crippen molar-refractivity contribution >= 4 is 51.2 Å². The van der Waals surface area contributed by atoms with Crippen molar-refractivity contribution in [3.05, 3.63) is 0 Å². The third kappa shape index (κ3) is 3.38. The van der Waals surface area contributed by atoms with E-state index in [1.54, 1.807) is 29.5 Å². The Morgan fingerprint density at radius 1 is 1.35 bits per heavy atom. The van der Waals surface area contributed by atoms with E-state index in [2.05, 4.69) is 0 Å². The normalized spacial score (nSPS) is 23.2. The lowest BCUT2D eigenvalue weighted by Gasteiger charge is -2.31. The van der Waals surface area contributed by atoms with Gasteiger partial charge in [0.2, 0.25) is 3.42 Å². The summed E-state index contributed by atoms with van der Waals surface area (Å²) in [5.41, 5.74) is -0.718. The number of carbonyl (C=O) groups excluding carboxylic acids is 1. The maximum absolute atomic E-state index is 12.8. The lowest BCUT2D eigenvalue weighted by Crippen LogP contribution is -2.51. The van der Waals surface area contributed by atoms with Gasteiger partial charge in [0.15, 0.2) is 0 Å². The van der Waals surface area contributed by atoms with Gasteiger partial charge >= 0.3 is 12.1 Å². The number of esters is 1. The highest BCUT2D eigenvalue weighted by atomic mass is 127. The summed E-state index contributed by atoms with van der Waals surface area (Å²) in [7, 11) is 0. The molecule has 1 saturated carbocycles. The summed E-state index contributed by atoms with van der Waals surface area (Å²) in [5.74, 6) is -1.16. The smallest absolute Gasteiger partial charge is 0.414 e. The van der Waals surface area contributed by atoms with Crippen molar-refractivity contribution in [2.75, 3.05) is 4.43 Å². The van der Waals surface area contributed by atoms with Crippen LogP contribution in [-0.2, 0) is 9.53 Å². The Kier molecular flexibility index (Phi) is 4.99. The van der Waals surface area contributed by atoms with Gasteiger partial charge in [-0.3, -0.25) is 4.79 Å². The average molecular weight is 476 g/mol. The Hall–Kier alpha value is 0.720. The molecule has 1 atom stereocenters. The van der Waals surface area contributed by atoms with Gasteiger partial charge in [-0.2, -0.15) is 13.2 Å². The summed E-state index contributed by atoms with van der Waals surface area (Å²) in [6.07, 6.45) is -1.50. The first-order valence-corrected chi connectivity index (χ1v) is 7.80. The van der Waals surface area contributed by atoms with Gasteiger partial charge in [-0.25, -0.2) is 0 Å². The second-order valence-corrected chi connectivity index (χ2v) is 7.08. The van der Waals surface area contributed by atoms with Crippen LogP contribution in [0.5, 0.6) is 0 Å². The molecule has 1 aliphatic carbocycles. The number of hydrogen-bond donors (Lipinski definition) is 0.